The quantitative estimate of drug-likeness (QED) is 0.386. The van der Waals surface area contributed by atoms with E-state index in [4.69, 9.17) is 0 Å². The predicted octanol–water partition coefficient (Wildman–Crippen LogP) is 5.43. The van der Waals surface area contributed by atoms with Crippen LogP contribution in [0.5, 0.6) is 0 Å². The van der Waals surface area contributed by atoms with Crippen LogP contribution in [0.4, 0.5) is 0 Å². The second kappa shape index (κ2) is 6.95. The molecule has 0 aliphatic carbocycles. The molecule has 0 bridgehead atoms. The standard InChI is InChI=1S/C22H15N3S2/c1-2-5-19-18(4-1)23-22(24-19)25-13-11-16(12-14-25)7-8-17-9-10-21(27-17)20-6-3-15-26-20/h1-15H/b8-7+. The summed E-state index contributed by atoms with van der Waals surface area (Å²) in [6, 6.07) is 20.7. The number of pyridine rings is 1. The lowest BCUT2D eigenvalue weighted by atomic mass is 10.2. The number of hydrogen-bond acceptors (Lipinski definition) is 3. The lowest BCUT2D eigenvalue weighted by Gasteiger charge is -2.01. The number of imidazole rings is 1. The summed E-state index contributed by atoms with van der Waals surface area (Å²) in [6.07, 6.45) is 8.30. The Hall–Kier alpha value is -3.02. The summed E-state index contributed by atoms with van der Waals surface area (Å²) >= 11 is 3.59. The topological polar surface area (TPSA) is 30.9 Å². The van der Waals surface area contributed by atoms with E-state index in [2.05, 4.69) is 63.9 Å². The van der Waals surface area contributed by atoms with Crippen molar-refractivity contribution in [3.05, 3.63) is 88.9 Å². The molecule has 0 spiro atoms. The first-order valence-corrected chi connectivity index (χ1v) is 10.3. The van der Waals surface area contributed by atoms with Crippen molar-refractivity contribution in [2.45, 2.75) is 0 Å². The summed E-state index contributed by atoms with van der Waals surface area (Å²) in [5.41, 5.74) is 2.99. The average molecular weight is 386 g/mol. The molecule has 5 heteroatoms. The van der Waals surface area contributed by atoms with Gasteiger partial charge in [-0.2, -0.15) is 0 Å². The molecule has 0 saturated carbocycles. The largest absolute Gasteiger partial charge is 0.293 e. The van der Waals surface area contributed by atoms with Gasteiger partial charge in [-0.05, 0) is 59.5 Å². The van der Waals surface area contributed by atoms with E-state index >= 15 is 0 Å². The highest BCUT2D eigenvalue weighted by atomic mass is 32.1. The average Bonchev–Trinajstić information content (AvgIpc) is 3.46. The first-order valence-electron chi connectivity index (χ1n) is 8.58. The van der Waals surface area contributed by atoms with Crippen molar-refractivity contribution in [1.29, 1.82) is 0 Å². The lowest BCUT2D eigenvalue weighted by Crippen LogP contribution is -2.31. The van der Waals surface area contributed by atoms with Crippen molar-refractivity contribution in [2.75, 3.05) is 0 Å². The zero-order valence-electron chi connectivity index (χ0n) is 14.3. The van der Waals surface area contributed by atoms with Crippen molar-refractivity contribution in [1.82, 2.24) is 9.97 Å². The first-order chi connectivity index (χ1) is 13.3. The van der Waals surface area contributed by atoms with E-state index in [9.17, 15) is 0 Å². The van der Waals surface area contributed by atoms with Crippen LogP contribution in [-0.4, -0.2) is 4.98 Å². The van der Waals surface area contributed by atoms with Gasteiger partial charge in [-0.3, -0.25) is 4.57 Å². The van der Waals surface area contributed by atoms with Gasteiger partial charge in [0.05, 0.1) is 11.0 Å². The van der Waals surface area contributed by atoms with Gasteiger partial charge in [-0.25, -0.2) is 9.97 Å². The normalized spacial score (nSPS) is 11.6. The Kier molecular flexibility index (Phi) is 4.16. The monoisotopic (exact) mass is 385 g/mol. The molecule has 3 nitrogen and oxygen atoms in total. The highest BCUT2D eigenvalue weighted by Crippen LogP contribution is 2.32. The number of fused-ring (bicyclic) bond motifs is 1. The van der Waals surface area contributed by atoms with E-state index in [1.165, 1.54) is 14.6 Å². The van der Waals surface area contributed by atoms with E-state index in [0.717, 1.165) is 16.6 Å². The Balaban J connectivity index is 1.35. The third-order valence-electron chi connectivity index (χ3n) is 4.24. The molecule has 4 heterocycles. The summed E-state index contributed by atoms with van der Waals surface area (Å²) in [4.78, 5) is 13.0. The zero-order chi connectivity index (χ0) is 18.1. The highest BCUT2D eigenvalue weighted by molar-refractivity contribution is 7.21. The van der Waals surface area contributed by atoms with Crippen LogP contribution in [0.15, 0.2) is 78.4 Å². The van der Waals surface area contributed by atoms with E-state index in [-0.39, 0.29) is 0 Å². The second-order valence-electron chi connectivity index (χ2n) is 6.06. The third-order valence-corrected chi connectivity index (χ3v) is 6.36. The molecule has 4 aromatic heterocycles. The molecule has 1 aromatic carbocycles. The minimum Gasteiger partial charge on any atom is -0.293 e. The number of para-hydroxylation sites is 2. The minimum atomic E-state index is 0.700. The number of nitrogens with zero attached hydrogens (tertiary/aromatic N) is 3. The first kappa shape index (κ1) is 16.2. The molecule has 0 saturated heterocycles. The molecule has 27 heavy (non-hydrogen) atoms. The Morgan fingerprint density at radius 1 is 0.852 bits per heavy atom. The summed E-state index contributed by atoms with van der Waals surface area (Å²) in [5, 5.41) is 2.11. The molecule has 5 rings (SSSR count). The van der Waals surface area contributed by atoms with Crippen LogP contribution >= 0.6 is 22.7 Å². The SMILES string of the molecule is C(=C\c1ccc(-c2cccs2)s1)/c1cc[n+](-c2nc3ccccc3[n-]2)cc1. The van der Waals surface area contributed by atoms with Gasteiger partial charge in [-0.15, -0.1) is 22.7 Å². The number of benzene rings is 1. The molecule has 0 unspecified atom stereocenters. The van der Waals surface area contributed by atoms with Crippen molar-refractivity contribution in [3.63, 3.8) is 0 Å². The van der Waals surface area contributed by atoms with Crippen molar-refractivity contribution in [3.8, 4) is 15.7 Å². The molecule has 0 fully saturated rings. The highest BCUT2D eigenvalue weighted by Gasteiger charge is 2.04. The van der Waals surface area contributed by atoms with Crippen LogP contribution in [0.3, 0.4) is 0 Å². The molecule has 0 atom stereocenters. The Bertz CT molecular complexity index is 1180. The summed E-state index contributed by atoms with van der Waals surface area (Å²) in [5.74, 6) is 0.700. The van der Waals surface area contributed by atoms with E-state index in [0.29, 0.717) is 5.95 Å². The fourth-order valence-electron chi connectivity index (χ4n) is 2.86. The lowest BCUT2D eigenvalue weighted by molar-refractivity contribution is -0.603. The van der Waals surface area contributed by atoms with Crippen molar-refractivity contribution >= 4 is 45.9 Å². The van der Waals surface area contributed by atoms with Crippen molar-refractivity contribution in [2.24, 2.45) is 0 Å². The maximum Gasteiger partial charge on any atom is 0.234 e. The maximum atomic E-state index is 4.57. The predicted molar refractivity (Wildman–Crippen MR) is 113 cm³/mol. The van der Waals surface area contributed by atoms with E-state index < -0.39 is 0 Å². The van der Waals surface area contributed by atoms with Crippen LogP contribution in [0.1, 0.15) is 10.4 Å². The Morgan fingerprint density at radius 3 is 2.56 bits per heavy atom. The third kappa shape index (κ3) is 3.35. The van der Waals surface area contributed by atoms with Crippen LogP contribution in [0.25, 0.3) is 38.9 Å². The molecular weight excluding hydrogens is 370 g/mol. The molecule has 0 aliphatic rings. The molecule has 5 aromatic rings. The molecule has 130 valence electrons. The zero-order valence-corrected chi connectivity index (χ0v) is 16.0. The number of hydrogen-bond donors (Lipinski definition) is 0. The van der Waals surface area contributed by atoms with Crippen LogP contribution < -0.4 is 9.55 Å². The minimum absolute atomic E-state index is 0.700. The summed E-state index contributed by atoms with van der Waals surface area (Å²) < 4.78 is 1.94. The second-order valence-corrected chi connectivity index (χ2v) is 8.13. The van der Waals surface area contributed by atoms with Gasteiger partial charge >= 0.3 is 0 Å². The van der Waals surface area contributed by atoms with Gasteiger partial charge in [0.15, 0.2) is 0 Å². The summed E-state index contributed by atoms with van der Waals surface area (Å²) in [6.45, 7) is 0. The fraction of sp³-hybridized carbons (Fsp3) is 0. The Labute approximate surface area is 164 Å². The van der Waals surface area contributed by atoms with Gasteiger partial charge in [-0.1, -0.05) is 24.3 Å². The van der Waals surface area contributed by atoms with Gasteiger partial charge in [0.25, 0.3) is 0 Å². The Morgan fingerprint density at radius 2 is 1.74 bits per heavy atom. The number of rotatable bonds is 4. The molecule has 0 radical (unpaired) electrons. The van der Waals surface area contributed by atoms with Crippen molar-refractivity contribution < 1.29 is 4.57 Å². The van der Waals surface area contributed by atoms with E-state index in [1.54, 1.807) is 11.3 Å². The molecule has 0 amide bonds. The van der Waals surface area contributed by atoms with Crippen LogP contribution in [0.2, 0.25) is 0 Å². The number of thiophene rings is 2. The number of aromatic nitrogens is 3. The van der Waals surface area contributed by atoms with Gasteiger partial charge in [0.2, 0.25) is 5.95 Å². The molecular formula is C22H15N3S2. The maximum absolute atomic E-state index is 4.57. The van der Waals surface area contributed by atoms with Gasteiger partial charge < -0.3 is 0 Å². The summed E-state index contributed by atoms with van der Waals surface area (Å²) in [7, 11) is 0. The van der Waals surface area contributed by atoms with Crippen LogP contribution in [-0.2, 0) is 0 Å². The molecule has 0 N–H and O–H groups in total. The van der Waals surface area contributed by atoms with Crippen LogP contribution in [0, 0.1) is 0 Å². The van der Waals surface area contributed by atoms with E-state index in [1.807, 2.05) is 52.6 Å². The van der Waals surface area contributed by atoms with Gasteiger partial charge in [0, 0.05) is 27.0 Å². The smallest absolute Gasteiger partial charge is 0.234 e. The fourth-order valence-corrected chi connectivity index (χ4v) is 4.61. The molecule has 0 aliphatic heterocycles. The van der Waals surface area contributed by atoms with Gasteiger partial charge in [0.1, 0.15) is 0 Å².